The van der Waals surface area contributed by atoms with Gasteiger partial charge in [-0.3, -0.25) is 0 Å². The summed E-state index contributed by atoms with van der Waals surface area (Å²) in [7, 11) is 0. The van der Waals surface area contributed by atoms with Gasteiger partial charge in [-0.25, -0.2) is 0 Å². The van der Waals surface area contributed by atoms with Crippen LogP contribution in [0.2, 0.25) is 0 Å². The maximum atomic E-state index is 10.6. The van der Waals surface area contributed by atoms with Crippen LogP contribution in [0.1, 0.15) is 47.0 Å². The molecule has 1 nitrogen and oxygen atoms in total. The van der Waals surface area contributed by atoms with Crippen molar-refractivity contribution >= 4 is 6.29 Å². The third kappa shape index (κ3) is 3.05. The number of aldehydes is 1. The van der Waals surface area contributed by atoms with Gasteiger partial charge in [-0.1, -0.05) is 38.5 Å². The van der Waals surface area contributed by atoms with E-state index in [0.717, 1.165) is 6.29 Å². The molecule has 0 aliphatic heterocycles. The lowest BCUT2D eigenvalue weighted by molar-refractivity contribution is -0.109. The van der Waals surface area contributed by atoms with Crippen molar-refractivity contribution < 1.29 is 4.79 Å². The summed E-state index contributed by atoms with van der Waals surface area (Å²) in [5.41, 5.74) is 3.20. The van der Waals surface area contributed by atoms with E-state index >= 15 is 0 Å². The maximum absolute atomic E-state index is 10.6. The summed E-state index contributed by atoms with van der Waals surface area (Å²) in [5, 5.41) is 0. The topological polar surface area (TPSA) is 17.1 Å². The van der Waals surface area contributed by atoms with Crippen LogP contribution in [-0.2, 0) is 4.79 Å². The van der Waals surface area contributed by atoms with Crippen LogP contribution >= 0.6 is 0 Å². The second-order valence-corrected chi connectivity index (χ2v) is 5.29. The van der Waals surface area contributed by atoms with Crippen LogP contribution in [0.5, 0.6) is 0 Å². The third-order valence-electron chi connectivity index (χ3n) is 3.32. The maximum Gasteiger partial charge on any atom is 0.126 e. The number of carbonyl (C=O) groups is 1. The second-order valence-electron chi connectivity index (χ2n) is 5.29. The Kier molecular flexibility index (Phi) is 3.90. The van der Waals surface area contributed by atoms with Gasteiger partial charge in [-0.15, -0.1) is 0 Å². The fraction of sp³-hybridized carbons (Fsp3) is 0.643. The Morgan fingerprint density at radius 2 is 2.07 bits per heavy atom. The van der Waals surface area contributed by atoms with Gasteiger partial charge in [0.05, 0.1) is 0 Å². The smallest absolute Gasteiger partial charge is 0.126 e. The molecule has 0 heterocycles. The number of allylic oxidation sites excluding steroid dienone is 4. The Hall–Kier alpha value is -0.850. The van der Waals surface area contributed by atoms with E-state index in [2.05, 4.69) is 26.8 Å². The molecule has 0 amide bonds. The summed E-state index contributed by atoms with van der Waals surface area (Å²) in [6.07, 6.45) is 8.91. The quantitative estimate of drug-likeness (QED) is 0.640. The van der Waals surface area contributed by atoms with E-state index in [0.29, 0.717) is 0 Å². The Balaban J connectivity index is 2.89. The van der Waals surface area contributed by atoms with Crippen LogP contribution in [0.15, 0.2) is 23.3 Å². The highest BCUT2D eigenvalue weighted by Crippen LogP contribution is 2.40. The molecule has 0 aromatic heterocycles. The van der Waals surface area contributed by atoms with Gasteiger partial charge < -0.3 is 4.79 Å². The van der Waals surface area contributed by atoms with Crippen molar-refractivity contribution in [3.8, 4) is 0 Å². The highest BCUT2D eigenvalue weighted by Gasteiger charge is 2.26. The highest BCUT2D eigenvalue weighted by atomic mass is 16.1. The molecular weight excluding hydrogens is 184 g/mol. The molecule has 1 atom stereocenters. The van der Waals surface area contributed by atoms with E-state index in [4.69, 9.17) is 0 Å². The summed E-state index contributed by atoms with van der Waals surface area (Å²) < 4.78 is 0. The van der Waals surface area contributed by atoms with Gasteiger partial charge in [-0.2, -0.15) is 0 Å². The first-order valence-corrected chi connectivity index (χ1v) is 5.81. The molecule has 0 saturated heterocycles. The molecule has 1 aliphatic carbocycles. The van der Waals surface area contributed by atoms with Crippen molar-refractivity contribution in [2.75, 3.05) is 0 Å². The van der Waals surface area contributed by atoms with Crippen molar-refractivity contribution in [2.24, 2.45) is 11.3 Å². The number of hydrogen-bond donors (Lipinski definition) is 0. The Labute approximate surface area is 93.3 Å². The van der Waals surface area contributed by atoms with Crippen LogP contribution in [-0.4, -0.2) is 6.29 Å². The van der Waals surface area contributed by atoms with E-state index in [-0.39, 0.29) is 11.3 Å². The molecule has 0 bridgehead atoms. The van der Waals surface area contributed by atoms with Gasteiger partial charge in [0.2, 0.25) is 0 Å². The van der Waals surface area contributed by atoms with E-state index in [9.17, 15) is 4.79 Å². The lowest BCUT2D eigenvalue weighted by atomic mass is 9.72. The zero-order valence-corrected chi connectivity index (χ0v) is 10.3. The molecule has 15 heavy (non-hydrogen) atoms. The predicted molar refractivity (Wildman–Crippen MR) is 64.7 cm³/mol. The minimum Gasteiger partial charge on any atom is -0.303 e. The van der Waals surface area contributed by atoms with E-state index in [1.807, 2.05) is 13.0 Å². The molecule has 1 aliphatic rings. The SMILES string of the molecule is CC1=C(/C=C\C(C)C=O)C(C)(C)CCC1. The van der Waals surface area contributed by atoms with Gasteiger partial charge in [0.15, 0.2) is 0 Å². The van der Waals surface area contributed by atoms with Gasteiger partial charge >= 0.3 is 0 Å². The first kappa shape index (κ1) is 12.2. The number of carbonyl (C=O) groups excluding carboxylic acids is 1. The summed E-state index contributed by atoms with van der Waals surface area (Å²) in [5.74, 6) is 0.0306. The lowest BCUT2D eigenvalue weighted by Gasteiger charge is -2.33. The largest absolute Gasteiger partial charge is 0.303 e. The molecule has 0 N–H and O–H groups in total. The third-order valence-corrected chi connectivity index (χ3v) is 3.32. The molecular formula is C14H22O. The minimum absolute atomic E-state index is 0.0306. The molecule has 0 saturated carbocycles. The molecule has 1 unspecified atom stereocenters. The van der Waals surface area contributed by atoms with Crippen LogP contribution < -0.4 is 0 Å². The number of hydrogen-bond acceptors (Lipinski definition) is 1. The van der Waals surface area contributed by atoms with Crippen molar-refractivity contribution in [3.05, 3.63) is 23.3 Å². The average Bonchev–Trinajstić information content (AvgIpc) is 2.15. The summed E-state index contributed by atoms with van der Waals surface area (Å²) in [6.45, 7) is 8.73. The molecule has 1 rings (SSSR count). The monoisotopic (exact) mass is 206 g/mol. The Bertz CT molecular complexity index is 294. The zero-order valence-electron chi connectivity index (χ0n) is 10.3. The standard InChI is InChI=1S/C14H22O/c1-11(10-15)7-8-13-12(2)6-5-9-14(13,3)4/h7-8,10-11H,5-6,9H2,1-4H3/b8-7-. The van der Waals surface area contributed by atoms with Gasteiger partial charge in [0.25, 0.3) is 0 Å². The first-order valence-electron chi connectivity index (χ1n) is 5.81. The second kappa shape index (κ2) is 4.78. The van der Waals surface area contributed by atoms with E-state index in [1.165, 1.54) is 30.4 Å². The normalized spacial score (nSPS) is 23.2. The van der Waals surface area contributed by atoms with E-state index in [1.54, 1.807) is 0 Å². The molecule has 0 fully saturated rings. The molecule has 84 valence electrons. The summed E-state index contributed by atoms with van der Waals surface area (Å²) >= 11 is 0. The predicted octanol–water partition coefficient (Wildman–Crippen LogP) is 3.90. The molecule has 0 aromatic carbocycles. The Morgan fingerprint density at radius 3 is 2.60 bits per heavy atom. The van der Waals surface area contributed by atoms with Crippen LogP contribution in [0, 0.1) is 11.3 Å². The lowest BCUT2D eigenvalue weighted by Crippen LogP contribution is -2.19. The molecule has 1 heteroatoms. The number of rotatable bonds is 3. The average molecular weight is 206 g/mol. The fourth-order valence-corrected chi connectivity index (χ4v) is 2.30. The summed E-state index contributed by atoms with van der Waals surface area (Å²) in [6, 6.07) is 0. The van der Waals surface area contributed by atoms with Crippen molar-refractivity contribution in [1.82, 2.24) is 0 Å². The van der Waals surface area contributed by atoms with Crippen LogP contribution in [0.3, 0.4) is 0 Å². The van der Waals surface area contributed by atoms with Gasteiger partial charge in [0.1, 0.15) is 6.29 Å². The first-order chi connectivity index (χ1) is 6.97. The Morgan fingerprint density at radius 1 is 1.40 bits per heavy atom. The highest BCUT2D eigenvalue weighted by molar-refractivity contribution is 5.56. The molecule has 0 radical (unpaired) electrons. The van der Waals surface area contributed by atoms with Crippen LogP contribution in [0.25, 0.3) is 0 Å². The molecule has 0 spiro atoms. The van der Waals surface area contributed by atoms with Crippen molar-refractivity contribution in [2.45, 2.75) is 47.0 Å². The van der Waals surface area contributed by atoms with Crippen molar-refractivity contribution in [3.63, 3.8) is 0 Å². The van der Waals surface area contributed by atoms with E-state index < -0.39 is 0 Å². The molecule has 0 aromatic rings. The van der Waals surface area contributed by atoms with Gasteiger partial charge in [0, 0.05) is 5.92 Å². The zero-order chi connectivity index (χ0) is 11.5. The summed E-state index contributed by atoms with van der Waals surface area (Å²) in [4.78, 5) is 10.6. The van der Waals surface area contributed by atoms with Crippen molar-refractivity contribution in [1.29, 1.82) is 0 Å². The minimum atomic E-state index is 0.0306. The fourth-order valence-electron chi connectivity index (χ4n) is 2.30. The van der Waals surface area contributed by atoms with Gasteiger partial charge in [-0.05, 0) is 37.2 Å². The van der Waals surface area contributed by atoms with Crippen LogP contribution in [0.4, 0.5) is 0 Å².